The summed E-state index contributed by atoms with van der Waals surface area (Å²) in [4.78, 5) is 38.3. The third-order valence-electron chi connectivity index (χ3n) is 6.51. The van der Waals surface area contributed by atoms with E-state index < -0.39 is 4.92 Å². The summed E-state index contributed by atoms with van der Waals surface area (Å²) in [6.45, 7) is 3.85. The van der Waals surface area contributed by atoms with Crippen molar-refractivity contribution in [3.05, 3.63) is 87.7 Å². The van der Waals surface area contributed by atoms with Crippen LogP contribution in [0.15, 0.2) is 60.8 Å². The normalized spacial score (nSPS) is 13.6. The van der Waals surface area contributed by atoms with E-state index in [-0.39, 0.29) is 23.7 Å². The molecule has 0 saturated carbocycles. The van der Waals surface area contributed by atoms with E-state index in [0.717, 1.165) is 54.6 Å². The van der Waals surface area contributed by atoms with Crippen molar-refractivity contribution in [1.29, 1.82) is 0 Å². The van der Waals surface area contributed by atoms with Crippen LogP contribution >= 0.6 is 11.3 Å². The molecule has 5 rings (SSSR count). The lowest BCUT2D eigenvalue weighted by atomic mass is 10.1. The molecule has 1 aliphatic heterocycles. The summed E-state index contributed by atoms with van der Waals surface area (Å²) in [7, 11) is 0. The Kier molecular flexibility index (Phi) is 6.90. The van der Waals surface area contributed by atoms with Gasteiger partial charge in [-0.2, -0.15) is 0 Å². The summed E-state index contributed by atoms with van der Waals surface area (Å²) in [6, 6.07) is 16.4. The van der Waals surface area contributed by atoms with Gasteiger partial charge >= 0.3 is 0 Å². The third kappa shape index (κ3) is 4.79. The molecule has 0 N–H and O–H groups in total. The number of nitro benzene ring substituents is 1. The van der Waals surface area contributed by atoms with E-state index in [4.69, 9.17) is 4.98 Å². The monoisotopic (exact) mass is 501 g/mol. The van der Waals surface area contributed by atoms with Gasteiger partial charge < -0.3 is 4.90 Å². The van der Waals surface area contributed by atoms with Crippen molar-refractivity contribution >= 4 is 44.0 Å². The first-order valence-corrected chi connectivity index (χ1v) is 13.0. The second-order valence-corrected chi connectivity index (χ2v) is 9.84. The molecule has 2 aromatic carbocycles. The van der Waals surface area contributed by atoms with Crippen LogP contribution in [0.4, 0.5) is 16.5 Å². The first kappa shape index (κ1) is 23.9. The molecule has 1 saturated heterocycles. The number of aromatic nitrogens is 2. The number of aryl methyl sites for hydroxylation is 1. The zero-order valence-electron chi connectivity index (χ0n) is 20.1. The summed E-state index contributed by atoms with van der Waals surface area (Å²) in [5.74, 6) is -0.342. The molecule has 0 aliphatic carbocycles. The number of nitro groups is 1. The number of para-hydroxylation sites is 1. The minimum atomic E-state index is -0.394. The Morgan fingerprint density at radius 1 is 1.11 bits per heavy atom. The Balaban J connectivity index is 1.56. The van der Waals surface area contributed by atoms with E-state index in [1.807, 2.05) is 41.3 Å². The highest BCUT2D eigenvalue weighted by atomic mass is 32.1. The van der Waals surface area contributed by atoms with Crippen LogP contribution in [0.1, 0.15) is 47.8 Å². The molecule has 184 valence electrons. The maximum Gasteiger partial charge on any atom is 0.293 e. The summed E-state index contributed by atoms with van der Waals surface area (Å²) in [5, 5.41) is 12.5. The number of nitrogens with zero attached hydrogens (tertiary/aromatic N) is 5. The van der Waals surface area contributed by atoms with E-state index in [1.54, 1.807) is 23.2 Å². The standard InChI is InChI=1S/C27H27N5O3S/c1-2-19-9-8-11-24-25(19)29-27(36-24)31(18-21-10-4-5-14-28-21)26(33)20-12-13-22(23(17-20)32(34)35)30-15-6-3-7-16-30/h4-5,8-14,17H,2-3,6-7,15-16,18H2,1H3. The summed E-state index contributed by atoms with van der Waals surface area (Å²) in [5.41, 5.74) is 3.49. The maximum absolute atomic E-state index is 13.9. The van der Waals surface area contributed by atoms with Crippen LogP contribution in [0.25, 0.3) is 10.2 Å². The fourth-order valence-electron chi connectivity index (χ4n) is 4.64. The van der Waals surface area contributed by atoms with Crippen LogP contribution in [0.2, 0.25) is 0 Å². The topological polar surface area (TPSA) is 92.5 Å². The van der Waals surface area contributed by atoms with Crippen LogP contribution in [0.5, 0.6) is 0 Å². The van der Waals surface area contributed by atoms with E-state index in [2.05, 4.69) is 11.9 Å². The first-order valence-electron chi connectivity index (χ1n) is 12.2. The van der Waals surface area contributed by atoms with Gasteiger partial charge in [0.25, 0.3) is 11.6 Å². The minimum absolute atomic E-state index is 0.0434. The average molecular weight is 502 g/mol. The van der Waals surface area contributed by atoms with Crippen molar-refractivity contribution in [2.24, 2.45) is 0 Å². The zero-order chi connectivity index (χ0) is 25.1. The number of thiazole rings is 1. The number of rotatable bonds is 7. The molecule has 0 unspecified atom stereocenters. The van der Waals surface area contributed by atoms with Crippen molar-refractivity contribution in [3.8, 4) is 0 Å². The summed E-state index contributed by atoms with van der Waals surface area (Å²) < 4.78 is 0.995. The van der Waals surface area contributed by atoms with Gasteiger partial charge in [-0.25, -0.2) is 4.98 Å². The molecule has 3 heterocycles. The average Bonchev–Trinajstić information content (AvgIpc) is 3.36. The molecule has 0 atom stereocenters. The van der Waals surface area contributed by atoms with Crippen LogP contribution < -0.4 is 9.80 Å². The smallest absolute Gasteiger partial charge is 0.293 e. The van der Waals surface area contributed by atoms with Crippen LogP contribution in [-0.4, -0.2) is 33.9 Å². The molecular formula is C27H27N5O3S. The SMILES string of the molecule is CCc1cccc2sc(N(Cc3ccccn3)C(=O)c3ccc(N4CCCCC4)c([N+](=O)[O-])c3)nc12. The number of carbonyl (C=O) groups is 1. The fraction of sp³-hybridized carbons (Fsp3) is 0.296. The van der Waals surface area contributed by atoms with Gasteiger partial charge in [0, 0.05) is 30.9 Å². The van der Waals surface area contributed by atoms with Gasteiger partial charge in [-0.05, 0) is 61.6 Å². The van der Waals surface area contributed by atoms with E-state index in [9.17, 15) is 14.9 Å². The second-order valence-electron chi connectivity index (χ2n) is 8.83. The van der Waals surface area contributed by atoms with Crippen molar-refractivity contribution in [1.82, 2.24) is 9.97 Å². The molecule has 0 spiro atoms. The van der Waals surface area contributed by atoms with Crippen molar-refractivity contribution in [3.63, 3.8) is 0 Å². The van der Waals surface area contributed by atoms with Crippen LogP contribution in [0, 0.1) is 10.1 Å². The Morgan fingerprint density at radius 2 is 1.94 bits per heavy atom. The Labute approximate surface area is 213 Å². The molecule has 4 aromatic rings. The van der Waals surface area contributed by atoms with Crippen molar-refractivity contribution in [2.45, 2.75) is 39.2 Å². The van der Waals surface area contributed by atoms with Gasteiger partial charge in [0.15, 0.2) is 5.13 Å². The van der Waals surface area contributed by atoms with Crippen molar-refractivity contribution < 1.29 is 9.72 Å². The Morgan fingerprint density at radius 3 is 2.67 bits per heavy atom. The predicted octanol–water partition coefficient (Wildman–Crippen LogP) is 6.00. The number of hydrogen-bond acceptors (Lipinski definition) is 7. The molecule has 1 amide bonds. The summed E-state index contributed by atoms with van der Waals surface area (Å²) in [6.07, 6.45) is 5.66. The molecule has 36 heavy (non-hydrogen) atoms. The van der Waals surface area contributed by atoms with Gasteiger partial charge in [-0.15, -0.1) is 0 Å². The number of piperidine rings is 1. The van der Waals surface area contributed by atoms with Crippen molar-refractivity contribution in [2.75, 3.05) is 22.9 Å². The minimum Gasteiger partial charge on any atom is -0.366 e. The largest absolute Gasteiger partial charge is 0.366 e. The molecule has 1 fully saturated rings. The predicted molar refractivity (Wildman–Crippen MR) is 143 cm³/mol. The quantitative estimate of drug-likeness (QED) is 0.228. The molecule has 2 aromatic heterocycles. The van der Waals surface area contributed by atoms with Gasteiger partial charge in [-0.3, -0.25) is 24.8 Å². The number of pyridine rings is 1. The Hall–Kier alpha value is -3.85. The lowest BCUT2D eigenvalue weighted by Crippen LogP contribution is -2.32. The van der Waals surface area contributed by atoms with E-state index >= 15 is 0 Å². The molecule has 9 heteroatoms. The first-order chi connectivity index (χ1) is 17.5. The van der Waals surface area contributed by atoms with Gasteiger partial charge in [0.2, 0.25) is 0 Å². The molecule has 1 aliphatic rings. The number of hydrogen-bond donors (Lipinski definition) is 0. The number of fused-ring (bicyclic) bond motifs is 1. The van der Waals surface area contributed by atoms with Gasteiger partial charge in [0.1, 0.15) is 5.69 Å². The van der Waals surface area contributed by atoms with Crippen LogP contribution in [0.3, 0.4) is 0 Å². The summed E-state index contributed by atoms with van der Waals surface area (Å²) >= 11 is 1.44. The van der Waals surface area contributed by atoms with Gasteiger partial charge in [0.05, 0.1) is 27.4 Å². The third-order valence-corrected chi connectivity index (χ3v) is 7.55. The highest BCUT2D eigenvalue weighted by Crippen LogP contribution is 2.35. The lowest BCUT2D eigenvalue weighted by molar-refractivity contribution is -0.384. The molecule has 0 radical (unpaired) electrons. The number of anilines is 2. The molecular weight excluding hydrogens is 474 g/mol. The number of benzene rings is 2. The van der Waals surface area contributed by atoms with Gasteiger partial charge in [-0.1, -0.05) is 36.5 Å². The molecule has 8 nitrogen and oxygen atoms in total. The van der Waals surface area contributed by atoms with E-state index in [0.29, 0.717) is 16.5 Å². The van der Waals surface area contributed by atoms with Crippen LogP contribution in [-0.2, 0) is 13.0 Å². The highest BCUT2D eigenvalue weighted by Gasteiger charge is 2.27. The Bertz CT molecular complexity index is 1400. The highest BCUT2D eigenvalue weighted by molar-refractivity contribution is 7.22. The molecule has 0 bridgehead atoms. The zero-order valence-corrected chi connectivity index (χ0v) is 20.9. The van der Waals surface area contributed by atoms with E-state index in [1.165, 1.54) is 17.4 Å². The lowest BCUT2D eigenvalue weighted by Gasteiger charge is -2.28. The number of amides is 1. The maximum atomic E-state index is 13.9. The fourth-order valence-corrected chi connectivity index (χ4v) is 5.65. The second kappa shape index (κ2) is 10.4. The number of carbonyl (C=O) groups excluding carboxylic acids is 1.